The van der Waals surface area contributed by atoms with Crippen LogP contribution in [0.2, 0.25) is 0 Å². The first-order valence-corrected chi connectivity index (χ1v) is 11.1. The lowest BCUT2D eigenvalue weighted by Crippen LogP contribution is -2.04. The minimum Gasteiger partial charge on any atom is -0.485 e. The molecule has 5 rings (SSSR count). The first-order chi connectivity index (χ1) is 17.7. The molecule has 0 fully saturated rings. The van der Waals surface area contributed by atoms with E-state index in [2.05, 4.69) is 15.1 Å². The topological polar surface area (TPSA) is 113 Å². The molecule has 178 valence electrons. The predicted molar refractivity (Wildman–Crippen MR) is 131 cm³/mol. The number of ether oxygens (including phenoxy) is 2. The van der Waals surface area contributed by atoms with Gasteiger partial charge in [-0.2, -0.15) is 4.98 Å². The number of nitrogens with zero attached hydrogens (tertiary/aromatic N) is 4. The standard InChI is InChI=1S/C27H20N4O5/c32-31(33)23-15-21(27-29-26(30-36-27)22-13-7-8-14-28-22)16-24(34-17-19-9-3-1-4-10-19)25(23)35-18-20-11-5-2-6-12-20/h1-16H,17-18H2. The highest BCUT2D eigenvalue weighted by molar-refractivity contribution is 5.69. The van der Waals surface area contributed by atoms with Gasteiger partial charge in [0.05, 0.1) is 10.5 Å². The largest absolute Gasteiger partial charge is 0.485 e. The summed E-state index contributed by atoms with van der Waals surface area (Å²) in [5, 5.41) is 16.0. The van der Waals surface area contributed by atoms with Gasteiger partial charge in [-0.25, -0.2) is 0 Å². The van der Waals surface area contributed by atoms with Crippen molar-refractivity contribution in [3.63, 3.8) is 0 Å². The van der Waals surface area contributed by atoms with Gasteiger partial charge >= 0.3 is 5.69 Å². The van der Waals surface area contributed by atoms with E-state index in [0.717, 1.165) is 11.1 Å². The zero-order chi connectivity index (χ0) is 24.7. The number of nitro benzene ring substituents is 1. The fourth-order valence-corrected chi connectivity index (χ4v) is 3.50. The summed E-state index contributed by atoms with van der Waals surface area (Å²) < 4.78 is 17.4. The normalized spacial score (nSPS) is 10.7. The van der Waals surface area contributed by atoms with Crippen molar-refractivity contribution in [2.24, 2.45) is 0 Å². The van der Waals surface area contributed by atoms with Crippen LogP contribution in [0.5, 0.6) is 11.5 Å². The van der Waals surface area contributed by atoms with E-state index in [1.165, 1.54) is 6.07 Å². The van der Waals surface area contributed by atoms with Crippen molar-refractivity contribution < 1.29 is 18.9 Å². The van der Waals surface area contributed by atoms with Crippen molar-refractivity contribution in [2.75, 3.05) is 0 Å². The quantitative estimate of drug-likeness (QED) is 0.190. The average molecular weight is 480 g/mol. The van der Waals surface area contributed by atoms with Crippen LogP contribution in [0.4, 0.5) is 5.69 Å². The third-order valence-electron chi connectivity index (χ3n) is 5.26. The molecule has 3 aromatic carbocycles. The summed E-state index contributed by atoms with van der Waals surface area (Å²) in [6, 6.07) is 27.1. The molecule has 0 unspecified atom stereocenters. The van der Waals surface area contributed by atoms with Gasteiger partial charge < -0.3 is 14.0 Å². The Balaban J connectivity index is 1.53. The van der Waals surface area contributed by atoms with Crippen molar-refractivity contribution in [3.05, 3.63) is 118 Å². The van der Waals surface area contributed by atoms with Gasteiger partial charge in [0, 0.05) is 12.3 Å². The molecule has 2 heterocycles. The Morgan fingerprint density at radius 2 is 1.50 bits per heavy atom. The van der Waals surface area contributed by atoms with Crippen molar-refractivity contribution in [2.45, 2.75) is 13.2 Å². The molecule has 0 atom stereocenters. The highest BCUT2D eigenvalue weighted by Gasteiger charge is 2.26. The minimum atomic E-state index is -0.519. The van der Waals surface area contributed by atoms with Gasteiger partial charge in [0.2, 0.25) is 11.6 Å². The van der Waals surface area contributed by atoms with E-state index in [-0.39, 0.29) is 42.1 Å². The summed E-state index contributed by atoms with van der Waals surface area (Å²) in [6.45, 7) is 0.319. The fourth-order valence-electron chi connectivity index (χ4n) is 3.50. The predicted octanol–water partition coefficient (Wildman–Crippen LogP) is 5.86. The Morgan fingerprint density at radius 1 is 0.833 bits per heavy atom. The van der Waals surface area contributed by atoms with Crippen LogP contribution in [-0.4, -0.2) is 20.0 Å². The summed E-state index contributed by atoms with van der Waals surface area (Å²) in [7, 11) is 0. The van der Waals surface area contributed by atoms with Gasteiger partial charge in [0.15, 0.2) is 5.75 Å². The molecule has 0 bridgehead atoms. The molecule has 0 N–H and O–H groups in total. The minimum absolute atomic E-state index is 0.0213. The van der Waals surface area contributed by atoms with E-state index in [9.17, 15) is 10.1 Å². The molecule has 2 aromatic heterocycles. The van der Waals surface area contributed by atoms with E-state index in [0.29, 0.717) is 11.3 Å². The second-order valence-electron chi connectivity index (χ2n) is 7.77. The Labute approximate surface area is 206 Å². The number of benzene rings is 3. The molecule has 0 saturated carbocycles. The number of nitro groups is 1. The second-order valence-corrected chi connectivity index (χ2v) is 7.77. The first kappa shape index (κ1) is 22.7. The van der Waals surface area contributed by atoms with Crippen LogP contribution in [0.1, 0.15) is 11.1 Å². The second kappa shape index (κ2) is 10.5. The van der Waals surface area contributed by atoms with E-state index >= 15 is 0 Å². The molecule has 9 heteroatoms. The van der Waals surface area contributed by atoms with E-state index in [1.54, 1.807) is 30.5 Å². The summed E-state index contributed by atoms with van der Waals surface area (Å²) in [5.74, 6) is 0.576. The zero-order valence-corrected chi connectivity index (χ0v) is 19.0. The maximum absolute atomic E-state index is 12.1. The molecular weight excluding hydrogens is 460 g/mol. The van der Waals surface area contributed by atoms with E-state index in [1.807, 2.05) is 60.7 Å². The van der Waals surface area contributed by atoms with Crippen LogP contribution in [-0.2, 0) is 13.2 Å². The molecule has 0 radical (unpaired) electrons. The van der Waals surface area contributed by atoms with Gasteiger partial charge in [-0.3, -0.25) is 15.1 Å². The molecule has 0 spiro atoms. The lowest BCUT2D eigenvalue weighted by Gasteiger charge is -2.14. The van der Waals surface area contributed by atoms with Gasteiger partial charge in [-0.1, -0.05) is 71.9 Å². The Kier molecular flexibility index (Phi) is 6.61. The summed E-state index contributed by atoms with van der Waals surface area (Å²) in [5.41, 5.74) is 2.33. The van der Waals surface area contributed by atoms with Crippen molar-refractivity contribution in [1.82, 2.24) is 15.1 Å². The summed E-state index contributed by atoms with van der Waals surface area (Å²) in [6.07, 6.45) is 1.62. The van der Waals surface area contributed by atoms with Gasteiger partial charge in [-0.15, -0.1) is 0 Å². The van der Waals surface area contributed by atoms with Crippen LogP contribution in [0.15, 0.2) is 102 Å². The van der Waals surface area contributed by atoms with Gasteiger partial charge in [-0.05, 0) is 29.3 Å². The fraction of sp³-hybridized carbons (Fsp3) is 0.0741. The van der Waals surface area contributed by atoms with Crippen LogP contribution < -0.4 is 9.47 Å². The molecule has 9 nitrogen and oxygen atoms in total. The molecule has 5 aromatic rings. The Hall–Kier alpha value is -5.05. The monoisotopic (exact) mass is 480 g/mol. The maximum atomic E-state index is 12.1. The molecular formula is C27H20N4O5. The van der Waals surface area contributed by atoms with Crippen molar-refractivity contribution in [3.8, 4) is 34.5 Å². The first-order valence-electron chi connectivity index (χ1n) is 11.1. The zero-order valence-electron chi connectivity index (χ0n) is 19.0. The summed E-state index contributed by atoms with van der Waals surface area (Å²) in [4.78, 5) is 20.1. The van der Waals surface area contributed by atoms with Crippen LogP contribution >= 0.6 is 0 Å². The SMILES string of the molecule is O=[N+]([O-])c1cc(-c2nc(-c3ccccn3)no2)cc(OCc2ccccc2)c1OCc1ccccc1. The molecule has 0 aliphatic carbocycles. The van der Waals surface area contributed by atoms with Crippen LogP contribution in [0, 0.1) is 10.1 Å². The van der Waals surface area contributed by atoms with Crippen molar-refractivity contribution >= 4 is 5.69 Å². The molecule has 36 heavy (non-hydrogen) atoms. The number of hydrogen-bond acceptors (Lipinski definition) is 8. The number of rotatable bonds is 9. The number of pyridine rings is 1. The third-order valence-corrected chi connectivity index (χ3v) is 5.26. The molecule has 0 aliphatic rings. The number of aromatic nitrogens is 3. The average Bonchev–Trinajstić information content (AvgIpc) is 3.43. The van der Waals surface area contributed by atoms with Crippen LogP contribution in [0.3, 0.4) is 0 Å². The Morgan fingerprint density at radius 3 is 2.14 bits per heavy atom. The third kappa shape index (κ3) is 5.20. The van der Waals surface area contributed by atoms with Gasteiger partial charge in [0.1, 0.15) is 18.9 Å². The lowest BCUT2D eigenvalue weighted by molar-refractivity contribution is -0.386. The van der Waals surface area contributed by atoms with Crippen LogP contribution in [0.25, 0.3) is 23.0 Å². The van der Waals surface area contributed by atoms with Gasteiger partial charge in [0.25, 0.3) is 5.89 Å². The lowest BCUT2D eigenvalue weighted by atomic mass is 10.1. The maximum Gasteiger partial charge on any atom is 0.315 e. The summed E-state index contributed by atoms with van der Waals surface area (Å²) >= 11 is 0. The van der Waals surface area contributed by atoms with E-state index in [4.69, 9.17) is 14.0 Å². The van der Waals surface area contributed by atoms with Crippen molar-refractivity contribution in [1.29, 1.82) is 0 Å². The number of hydrogen-bond donors (Lipinski definition) is 0. The van der Waals surface area contributed by atoms with E-state index < -0.39 is 4.92 Å². The molecule has 0 amide bonds. The smallest absolute Gasteiger partial charge is 0.315 e. The highest BCUT2D eigenvalue weighted by atomic mass is 16.6. The molecule has 0 saturated heterocycles. The highest BCUT2D eigenvalue weighted by Crippen LogP contribution is 2.42. The Bertz CT molecular complexity index is 1460. The molecule has 0 aliphatic heterocycles.